The molecule has 0 aliphatic heterocycles. The number of ether oxygens (including phenoxy) is 3. The molecule has 0 bridgehead atoms. The molecule has 0 saturated carbocycles. The number of amides is 1. The molecule has 3 aromatic carbocycles. The van der Waals surface area contributed by atoms with Gasteiger partial charge in [-0.1, -0.05) is 24.3 Å². The molecule has 0 saturated heterocycles. The molecule has 1 aromatic heterocycles. The second-order valence-electron chi connectivity index (χ2n) is 9.03. The molecule has 3 N–H and O–H groups in total. The minimum atomic E-state index is -5.02. The first-order valence-corrected chi connectivity index (χ1v) is 11.7. The van der Waals surface area contributed by atoms with Crippen molar-refractivity contribution in [1.82, 2.24) is 10.3 Å². The van der Waals surface area contributed by atoms with Crippen LogP contribution in [0, 0.1) is 0 Å². The molecule has 4 rings (SSSR count). The Morgan fingerprint density at radius 1 is 1.00 bits per heavy atom. The Morgan fingerprint density at radius 2 is 1.74 bits per heavy atom. The van der Waals surface area contributed by atoms with Crippen molar-refractivity contribution in [2.75, 3.05) is 20.8 Å². The Morgan fingerprint density at radius 3 is 2.42 bits per heavy atom. The number of carbonyl (C=O) groups is 1. The predicted octanol–water partition coefficient (Wildman–Crippen LogP) is 5.47. The van der Waals surface area contributed by atoms with Gasteiger partial charge in [0, 0.05) is 22.7 Å². The summed E-state index contributed by atoms with van der Waals surface area (Å²) in [5.74, 6) is -0.590. The third-order valence-corrected chi connectivity index (χ3v) is 6.19. The van der Waals surface area contributed by atoms with Gasteiger partial charge >= 0.3 is 6.36 Å². The van der Waals surface area contributed by atoms with Crippen molar-refractivity contribution >= 4 is 16.8 Å². The van der Waals surface area contributed by atoms with Crippen molar-refractivity contribution in [2.24, 2.45) is 0 Å². The third-order valence-electron chi connectivity index (χ3n) is 6.19. The monoisotopic (exact) mass is 528 g/mol. The molecule has 0 aliphatic rings. The van der Waals surface area contributed by atoms with Gasteiger partial charge < -0.3 is 29.6 Å². The van der Waals surface area contributed by atoms with E-state index in [1.807, 2.05) is 24.3 Å². The maximum absolute atomic E-state index is 13.4. The van der Waals surface area contributed by atoms with Gasteiger partial charge in [0.15, 0.2) is 0 Å². The molecule has 0 fully saturated rings. The maximum atomic E-state index is 13.4. The highest BCUT2D eigenvalue weighted by Gasteiger charge is 2.35. The number of rotatable bonds is 9. The molecule has 0 spiro atoms. The SMILES string of the molecule is COc1ccc(OC)c(-c2ccc(OC(F)(F)F)c(C(=O)NC(C)(CO)Cc3c[nH]c4ccccc34)c2)c1. The van der Waals surface area contributed by atoms with E-state index in [2.05, 4.69) is 15.0 Å². The Hall–Kier alpha value is -4.18. The van der Waals surface area contributed by atoms with Crippen molar-refractivity contribution in [3.05, 3.63) is 78.0 Å². The number of halogens is 3. The number of benzene rings is 3. The molecule has 38 heavy (non-hydrogen) atoms. The zero-order valence-electron chi connectivity index (χ0n) is 21.0. The first-order chi connectivity index (χ1) is 18.1. The van der Waals surface area contributed by atoms with Gasteiger partial charge in [0.2, 0.25) is 0 Å². The zero-order valence-corrected chi connectivity index (χ0v) is 21.0. The molecule has 1 atom stereocenters. The second-order valence-corrected chi connectivity index (χ2v) is 9.03. The summed E-state index contributed by atoms with van der Waals surface area (Å²) in [4.78, 5) is 16.6. The first kappa shape index (κ1) is 26.9. The number of carbonyl (C=O) groups excluding carboxylic acids is 1. The van der Waals surface area contributed by atoms with Crippen LogP contribution in [0.1, 0.15) is 22.8 Å². The number of aromatic amines is 1. The number of aliphatic hydroxyl groups is 1. The molecular formula is C28H27F3N2O5. The number of methoxy groups -OCH3 is 2. The van der Waals surface area contributed by atoms with Crippen molar-refractivity contribution < 1.29 is 37.3 Å². The predicted molar refractivity (Wildman–Crippen MR) is 137 cm³/mol. The van der Waals surface area contributed by atoms with Gasteiger partial charge in [0.05, 0.1) is 31.9 Å². The van der Waals surface area contributed by atoms with Crippen molar-refractivity contribution in [3.63, 3.8) is 0 Å². The zero-order chi connectivity index (χ0) is 27.5. The number of hydrogen-bond acceptors (Lipinski definition) is 5. The third kappa shape index (κ3) is 5.86. The van der Waals surface area contributed by atoms with Crippen molar-refractivity contribution in [3.8, 4) is 28.4 Å². The number of H-pyrrole nitrogens is 1. The van der Waals surface area contributed by atoms with Crippen molar-refractivity contribution in [2.45, 2.75) is 25.2 Å². The van der Waals surface area contributed by atoms with E-state index in [9.17, 15) is 23.1 Å². The Labute approximate surface area is 217 Å². The minimum absolute atomic E-state index is 0.220. The number of para-hydroxylation sites is 1. The summed E-state index contributed by atoms with van der Waals surface area (Å²) in [6.45, 7) is 1.16. The lowest BCUT2D eigenvalue weighted by atomic mass is 9.92. The van der Waals surface area contributed by atoms with Gasteiger partial charge in [-0.3, -0.25) is 4.79 Å². The molecule has 4 aromatic rings. The lowest BCUT2D eigenvalue weighted by molar-refractivity contribution is -0.274. The molecule has 1 unspecified atom stereocenters. The molecule has 1 heterocycles. The van der Waals surface area contributed by atoms with Crippen LogP contribution in [-0.2, 0) is 6.42 Å². The number of aromatic nitrogens is 1. The van der Waals surface area contributed by atoms with E-state index in [-0.39, 0.29) is 12.0 Å². The lowest BCUT2D eigenvalue weighted by Crippen LogP contribution is -2.50. The molecule has 0 radical (unpaired) electrons. The highest BCUT2D eigenvalue weighted by Crippen LogP contribution is 2.37. The summed E-state index contributed by atoms with van der Waals surface area (Å²) in [6.07, 6.45) is -3.02. The van der Waals surface area contributed by atoms with Gasteiger partial charge in [0.1, 0.15) is 17.2 Å². The van der Waals surface area contributed by atoms with Crippen LogP contribution < -0.4 is 19.5 Å². The highest BCUT2D eigenvalue weighted by molar-refractivity contribution is 5.99. The summed E-state index contributed by atoms with van der Waals surface area (Å²) >= 11 is 0. The summed E-state index contributed by atoms with van der Waals surface area (Å²) in [5, 5.41) is 13.8. The fourth-order valence-electron chi connectivity index (χ4n) is 4.31. The average molecular weight is 529 g/mol. The van der Waals surface area contributed by atoms with Crippen molar-refractivity contribution in [1.29, 1.82) is 0 Å². The fraction of sp³-hybridized carbons (Fsp3) is 0.250. The van der Waals surface area contributed by atoms with E-state index in [1.165, 1.54) is 26.4 Å². The van der Waals surface area contributed by atoms with Crippen LogP contribution in [0.15, 0.2) is 66.9 Å². The summed E-state index contributed by atoms with van der Waals surface area (Å²) in [5.41, 5.74) is 1.07. The smallest absolute Gasteiger partial charge is 0.497 e. The molecule has 7 nitrogen and oxygen atoms in total. The molecular weight excluding hydrogens is 501 g/mol. The molecule has 1 amide bonds. The number of fused-ring (bicyclic) bond motifs is 1. The van der Waals surface area contributed by atoms with Gasteiger partial charge in [-0.15, -0.1) is 13.2 Å². The van der Waals surface area contributed by atoms with E-state index in [1.54, 1.807) is 31.3 Å². The van der Waals surface area contributed by atoms with E-state index < -0.39 is 30.2 Å². The number of nitrogens with one attached hydrogen (secondary N) is 2. The Kier molecular flexibility index (Phi) is 7.54. The second kappa shape index (κ2) is 10.7. The van der Waals surface area contributed by atoms with E-state index in [0.29, 0.717) is 22.6 Å². The van der Waals surface area contributed by atoms with Gasteiger partial charge in [-0.2, -0.15) is 0 Å². The maximum Gasteiger partial charge on any atom is 0.573 e. The van der Waals surface area contributed by atoms with E-state index in [0.717, 1.165) is 22.5 Å². The molecule has 10 heteroatoms. The number of aliphatic hydroxyl groups excluding tert-OH is 1. The average Bonchev–Trinajstić information content (AvgIpc) is 3.29. The summed E-state index contributed by atoms with van der Waals surface area (Å²) in [6, 6.07) is 16.3. The van der Waals surface area contributed by atoms with E-state index in [4.69, 9.17) is 9.47 Å². The van der Waals surface area contributed by atoms with Crippen LogP contribution in [0.5, 0.6) is 17.2 Å². The van der Waals surface area contributed by atoms with Crippen LogP contribution in [-0.4, -0.2) is 48.7 Å². The standard InChI is InChI=1S/C28H27F3N2O5/c1-27(16-34,14-18-15-32-23-7-5-4-6-20(18)23)33-26(35)22-12-17(8-10-25(22)38-28(29,30)31)21-13-19(36-2)9-11-24(21)37-3/h4-13,15,32,34H,14,16H2,1-3H3,(H,33,35). The Bertz CT molecular complexity index is 1450. The van der Waals surface area contributed by atoms with Gasteiger partial charge in [-0.25, -0.2) is 0 Å². The quantitative estimate of drug-likeness (QED) is 0.268. The van der Waals surface area contributed by atoms with Crippen LogP contribution in [0.25, 0.3) is 22.0 Å². The fourth-order valence-corrected chi connectivity index (χ4v) is 4.31. The van der Waals surface area contributed by atoms with Crippen LogP contribution in [0.2, 0.25) is 0 Å². The molecule has 200 valence electrons. The van der Waals surface area contributed by atoms with Crippen LogP contribution >= 0.6 is 0 Å². The minimum Gasteiger partial charge on any atom is -0.497 e. The van der Waals surface area contributed by atoms with Gasteiger partial charge in [0.25, 0.3) is 5.91 Å². The van der Waals surface area contributed by atoms with E-state index >= 15 is 0 Å². The molecule has 0 aliphatic carbocycles. The first-order valence-electron chi connectivity index (χ1n) is 11.7. The summed E-state index contributed by atoms with van der Waals surface area (Å²) < 4.78 is 54.4. The topological polar surface area (TPSA) is 92.8 Å². The highest BCUT2D eigenvalue weighted by atomic mass is 19.4. The van der Waals surface area contributed by atoms with Gasteiger partial charge in [-0.05, 0) is 60.9 Å². The van der Waals surface area contributed by atoms with Crippen LogP contribution in [0.4, 0.5) is 13.2 Å². The number of hydrogen-bond donors (Lipinski definition) is 3. The number of alkyl halides is 3. The van der Waals surface area contributed by atoms with Crippen LogP contribution in [0.3, 0.4) is 0 Å². The largest absolute Gasteiger partial charge is 0.573 e. The summed E-state index contributed by atoms with van der Waals surface area (Å²) in [7, 11) is 2.94. The lowest BCUT2D eigenvalue weighted by Gasteiger charge is -2.29. The normalized spacial score (nSPS) is 13.1. The Balaban J connectivity index is 1.72.